The Morgan fingerprint density at radius 2 is 2.10 bits per heavy atom. The molecule has 0 aromatic rings. The van der Waals surface area contributed by atoms with Gasteiger partial charge in [0.15, 0.2) is 0 Å². The van der Waals surface area contributed by atoms with Crippen molar-refractivity contribution in [2.75, 3.05) is 26.2 Å². The molecule has 4 heteroatoms. The molecule has 0 radical (unpaired) electrons. The molecule has 1 spiro atoms. The van der Waals surface area contributed by atoms with Gasteiger partial charge in [-0.1, -0.05) is 19.3 Å². The molecule has 2 unspecified atom stereocenters. The maximum Gasteiger partial charge on any atom is 0.324 e. The van der Waals surface area contributed by atoms with Crippen molar-refractivity contribution in [2.45, 2.75) is 64.0 Å². The van der Waals surface area contributed by atoms with Gasteiger partial charge in [0, 0.05) is 25.7 Å². The lowest BCUT2D eigenvalue weighted by atomic mass is 9.56. The van der Waals surface area contributed by atoms with Gasteiger partial charge in [-0.15, -0.1) is 0 Å². The molecule has 0 aromatic heterocycles. The van der Waals surface area contributed by atoms with Gasteiger partial charge in [0.25, 0.3) is 0 Å². The topological polar surface area (TPSA) is 41.6 Å². The fourth-order valence-corrected chi connectivity index (χ4v) is 4.59. The Balaban J connectivity index is 1.71. The molecule has 2 saturated carbocycles. The minimum atomic E-state index is -0.0622. The quantitative estimate of drug-likeness (QED) is 0.802. The highest BCUT2D eigenvalue weighted by Gasteiger charge is 2.52. The molecule has 3 rings (SSSR count). The highest BCUT2D eigenvalue weighted by atomic mass is 16.5. The number of hydrogen-bond acceptors (Lipinski definition) is 4. The van der Waals surface area contributed by atoms with E-state index in [2.05, 4.69) is 10.2 Å². The van der Waals surface area contributed by atoms with Crippen molar-refractivity contribution < 1.29 is 9.53 Å². The Labute approximate surface area is 122 Å². The van der Waals surface area contributed by atoms with Crippen molar-refractivity contribution in [3.63, 3.8) is 0 Å². The molecular weight excluding hydrogens is 252 g/mol. The molecular formula is C16H28N2O2. The van der Waals surface area contributed by atoms with E-state index in [9.17, 15) is 4.79 Å². The summed E-state index contributed by atoms with van der Waals surface area (Å²) >= 11 is 0. The molecule has 1 saturated heterocycles. The predicted molar refractivity (Wildman–Crippen MR) is 78.5 cm³/mol. The Morgan fingerprint density at radius 3 is 2.75 bits per heavy atom. The first-order valence-electron chi connectivity index (χ1n) is 8.40. The molecule has 1 aliphatic heterocycles. The SMILES string of the molecule is CCOC(=O)C1CNCCN1C1CCC12CCCCC2. The van der Waals surface area contributed by atoms with E-state index in [0.29, 0.717) is 18.1 Å². The Hall–Kier alpha value is -0.610. The Kier molecular flexibility index (Phi) is 4.32. The van der Waals surface area contributed by atoms with Crippen molar-refractivity contribution in [3.8, 4) is 0 Å². The number of nitrogens with one attached hydrogen (secondary N) is 1. The van der Waals surface area contributed by atoms with Crippen LogP contribution in [0.15, 0.2) is 0 Å². The summed E-state index contributed by atoms with van der Waals surface area (Å²) in [7, 11) is 0. The summed E-state index contributed by atoms with van der Waals surface area (Å²) in [4.78, 5) is 14.7. The third-order valence-corrected chi connectivity index (χ3v) is 5.72. The molecule has 20 heavy (non-hydrogen) atoms. The summed E-state index contributed by atoms with van der Waals surface area (Å²) in [6.45, 7) is 5.13. The van der Waals surface area contributed by atoms with Crippen LogP contribution < -0.4 is 5.32 Å². The first-order chi connectivity index (χ1) is 9.77. The smallest absolute Gasteiger partial charge is 0.324 e. The van der Waals surface area contributed by atoms with Crippen LogP contribution in [0.2, 0.25) is 0 Å². The molecule has 3 fully saturated rings. The van der Waals surface area contributed by atoms with Crippen molar-refractivity contribution in [1.29, 1.82) is 0 Å². The fraction of sp³-hybridized carbons (Fsp3) is 0.938. The number of hydrogen-bond donors (Lipinski definition) is 1. The van der Waals surface area contributed by atoms with Gasteiger partial charge in [-0.25, -0.2) is 0 Å². The van der Waals surface area contributed by atoms with Crippen molar-refractivity contribution in [3.05, 3.63) is 0 Å². The first-order valence-corrected chi connectivity index (χ1v) is 8.40. The molecule has 0 amide bonds. The van der Waals surface area contributed by atoms with Crippen molar-refractivity contribution in [2.24, 2.45) is 5.41 Å². The van der Waals surface area contributed by atoms with E-state index in [1.807, 2.05) is 6.92 Å². The highest BCUT2D eigenvalue weighted by molar-refractivity contribution is 5.76. The molecule has 2 atom stereocenters. The van der Waals surface area contributed by atoms with E-state index >= 15 is 0 Å². The minimum absolute atomic E-state index is 0.0300. The summed E-state index contributed by atoms with van der Waals surface area (Å²) in [5.41, 5.74) is 0.528. The summed E-state index contributed by atoms with van der Waals surface area (Å²) in [6, 6.07) is 0.562. The van der Waals surface area contributed by atoms with E-state index in [1.54, 1.807) is 0 Å². The maximum atomic E-state index is 12.2. The molecule has 4 nitrogen and oxygen atoms in total. The molecule has 3 aliphatic rings. The van der Waals surface area contributed by atoms with Crippen LogP contribution in [0.5, 0.6) is 0 Å². The zero-order valence-electron chi connectivity index (χ0n) is 12.7. The standard InChI is InChI=1S/C16H28N2O2/c1-2-20-15(19)13-12-17-10-11-18(13)14-6-9-16(14)7-4-3-5-8-16/h13-14,17H,2-12H2,1H3. The normalized spacial score (nSPS) is 33.6. The molecule has 114 valence electrons. The number of carbonyl (C=O) groups excluding carboxylic acids is 1. The van der Waals surface area contributed by atoms with Gasteiger partial charge in [0.05, 0.1) is 6.61 Å². The van der Waals surface area contributed by atoms with Gasteiger partial charge in [-0.2, -0.15) is 0 Å². The summed E-state index contributed by atoms with van der Waals surface area (Å²) in [5.74, 6) is -0.0300. The van der Waals surface area contributed by atoms with E-state index in [4.69, 9.17) is 4.74 Å². The van der Waals surface area contributed by atoms with Gasteiger partial charge < -0.3 is 10.1 Å². The fourth-order valence-electron chi connectivity index (χ4n) is 4.59. The molecule has 0 bridgehead atoms. The lowest BCUT2D eigenvalue weighted by Crippen LogP contribution is -2.65. The van der Waals surface area contributed by atoms with Gasteiger partial charge >= 0.3 is 5.97 Å². The number of piperazine rings is 1. The first kappa shape index (κ1) is 14.3. The third-order valence-electron chi connectivity index (χ3n) is 5.72. The third kappa shape index (κ3) is 2.48. The van der Waals surface area contributed by atoms with Gasteiger partial charge in [-0.05, 0) is 38.0 Å². The Bertz CT molecular complexity index is 352. The van der Waals surface area contributed by atoms with Crippen LogP contribution in [0.1, 0.15) is 51.9 Å². The number of rotatable bonds is 3. The van der Waals surface area contributed by atoms with Crippen LogP contribution in [-0.2, 0) is 9.53 Å². The van der Waals surface area contributed by atoms with Gasteiger partial charge in [-0.3, -0.25) is 9.69 Å². The average molecular weight is 280 g/mol. The average Bonchev–Trinajstić information content (AvgIpc) is 2.48. The van der Waals surface area contributed by atoms with Crippen LogP contribution in [0.4, 0.5) is 0 Å². The van der Waals surface area contributed by atoms with Crippen LogP contribution in [0.25, 0.3) is 0 Å². The Morgan fingerprint density at radius 1 is 1.30 bits per heavy atom. The molecule has 1 heterocycles. The van der Waals surface area contributed by atoms with Crippen LogP contribution in [0, 0.1) is 5.41 Å². The second-order valence-corrected chi connectivity index (χ2v) is 6.69. The lowest BCUT2D eigenvalue weighted by Gasteiger charge is -2.58. The van der Waals surface area contributed by atoms with E-state index < -0.39 is 0 Å². The van der Waals surface area contributed by atoms with E-state index in [-0.39, 0.29) is 12.0 Å². The molecule has 0 aromatic carbocycles. The zero-order chi connectivity index (χ0) is 14.0. The minimum Gasteiger partial charge on any atom is -0.465 e. The second-order valence-electron chi connectivity index (χ2n) is 6.69. The summed E-state index contributed by atoms with van der Waals surface area (Å²) < 4.78 is 5.29. The van der Waals surface area contributed by atoms with Crippen LogP contribution in [0.3, 0.4) is 0 Å². The largest absolute Gasteiger partial charge is 0.465 e. The summed E-state index contributed by atoms with van der Waals surface area (Å²) in [6.07, 6.45) is 9.55. The van der Waals surface area contributed by atoms with Gasteiger partial charge in [0.1, 0.15) is 6.04 Å². The van der Waals surface area contributed by atoms with Crippen LogP contribution in [-0.4, -0.2) is 49.2 Å². The van der Waals surface area contributed by atoms with Crippen molar-refractivity contribution >= 4 is 5.97 Å². The number of carbonyl (C=O) groups is 1. The number of nitrogens with zero attached hydrogens (tertiary/aromatic N) is 1. The number of esters is 1. The highest BCUT2D eigenvalue weighted by Crippen LogP contribution is 2.54. The molecule has 1 N–H and O–H groups in total. The molecule has 2 aliphatic carbocycles. The predicted octanol–water partition coefficient (Wildman–Crippen LogP) is 1.94. The number of ether oxygens (including phenoxy) is 1. The van der Waals surface area contributed by atoms with Crippen molar-refractivity contribution in [1.82, 2.24) is 10.2 Å². The second kappa shape index (κ2) is 6.02. The van der Waals surface area contributed by atoms with Gasteiger partial charge in [0.2, 0.25) is 0 Å². The van der Waals surface area contributed by atoms with E-state index in [0.717, 1.165) is 19.6 Å². The van der Waals surface area contributed by atoms with Crippen LogP contribution >= 0.6 is 0 Å². The zero-order valence-corrected chi connectivity index (χ0v) is 12.7. The van der Waals surface area contributed by atoms with E-state index in [1.165, 1.54) is 44.9 Å². The lowest BCUT2D eigenvalue weighted by molar-refractivity contribution is -0.157. The summed E-state index contributed by atoms with van der Waals surface area (Å²) in [5, 5.41) is 3.36. The monoisotopic (exact) mass is 280 g/mol. The maximum absolute atomic E-state index is 12.2.